The van der Waals surface area contributed by atoms with Crippen molar-refractivity contribution in [3.05, 3.63) is 35.9 Å². The van der Waals surface area contributed by atoms with E-state index in [4.69, 9.17) is 0 Å². The summed E-state index contributed by atoms with van der Waals surface area (Å²) >= 11 is 0. The van der Waals surface area contributed by atoms with Gasteiger partial charge in [-0.05, 0) is 49.8 Å². The molecule has 3 saturated heterocycles. The molecule has 4 rings (SSSR count). The zero-order valence-corrected chi connectivity index (χ0v) is 15.0. The molecule has 1 aromatic carbocycles. The predicted molar refractivity (Wildman–Crippen MR) is 97.9 cm³/mol. The van der Waals surface area contributed by atoms with E-state index >= 15 is 0 Å². The van der Waals surface area contributed by atoms with Crippen molar-refractivity contribution >= 4 is 11.9 Å². The first kappa shape index (κ1) is 17.5. The van der Waals surface area contributed by atoms with Crippen molar-refractivity contribution in [1.82, 2.24) is 15.5 Å². The van der Waals surface area contributed by atoms with Crippen LogP contribution < -0.4 is 10.6 Å². The van der Waals surface area contributed by atoms with Gasteiger partial charge in [-0.2, -0.15) is 0 Å². The van der Waals surface area contributed by atoms with Gasteiger partial charge in [-0.3, -0.25) is 4.79 Å². The Bertz CT molecular complexity index is 672. The van der Waals surface area contributed by atoms with Gasteiger partial charge in [0, 0.05) is 19.0 Å². The van der Waals surface area contributed by atoms with Crippen LogP contribution in [0.5, 0.6) is 0 Å². The topological polar surface area (TPSA) is 81.7 Å². The maximum absolute atomic E-state index is 13.1. The highest BCUT2D eigenvalue weighted by Gasteiger charge is 2.47. The Morgan fingerprint density at radius 3 is 2.58 bits per heavy atom. The summed E-state index contributed by atoms with van der Waals surface area (Å²) in [5.41, 5.74) is 1.31. The molecule has 0 bridgehead atoms. The summed E-state index contributed by atoms with van der Waals surface area (Å²) in [7, 11) is 0. The van der Waals surface area contributed by atoms with E-state index in [9.17, 15) is 14.7 Å². The van der Waals surface area contributed by atoms with Gasteiger partial charge < -0.3 is 20.6 Å². The number of benzene rings is 1. The Kier molecular flexibility index (Phi) is 4.71. The minimum atomic E-state index is -0.897. The van der Waals surface area contributed by atoms with Crippen LogP contribution in [0.15, 0.2) is 30.3 Å². The Hall–Kier alpha value is -1.92. The molecule has 3 atom stereocenters. The third kappa shape index (κ3) is 3.23. The van der Waals surface area contributed by atoms with Gasteiger partial charge in [0.15, 0.2) is 0 Å². The van der Waals surface area contributed by atoms with Crippen LogP contribution in [0.1, 0.15) is 37.2 Å². The average Bonchev–Trinajstić information content (AvgIpc) is 3.28. The second kappa shape index (κ2) is 7.00. The highest BCUT2D eigenvalue weighted by atomic mass is 16.4. The second-order valence-corrected chi connectivity index (χ2v) is 8.08. The van der Waals surface area contributed by atoms with Gasteiger partial charge in [0.1, 0.15) is 6.04 Å². The molecule has 6 heteroatoms. The Morgan fingerprint density at radius 2 is 1.88 bits per heavy atom. The third-order valence-electron chi connectivity index (χ3n) is 6.46. The fraction of sp³-hybridized carbons (Fsp3) is 0.600. The third-order valence-corrected chi connectivity index (χ3v) is 6.46. The molecule has 26 heavy (non-hydrogen) atoms. The van der Waals surface area contributed by atoms with Crippen molar-refractivity contribution in [3.8, 4) is 0 Å². The van der Waals surface area contributed by atoms with Crippen molar-refractivity contribution in [2.24, 2.45) is 5.41 Å². The van der Waals surface area contributed by atoms with E-state index in [0.717, 1.165) is 44.5 Å². The van der Waals surface area contributed by atoms with Gasteiger partial charge in [-0.1, -0.05) is 30.3 Å². The van der Waals surface area contributed by atoms with Crippen LogP contribution >= 0.6 is 0 Å². The maximum Gasteiger partial charge on any atom is 0.326 e. The number of carbonyl (C=O) groups is 2. The maximum atomic E-state index is 13.1. The van der Waals surface area contributed by atoms with Crippen molar-refractivity contribution in [2.45, 2.75) is 43.7 Å². The minimum Gasteiger partial charge on any atom is -0.480 e. The number of hydrogen-bond acceptors (Lipinski definition) is 4. The molecule has 0 radical (unpaired) electrons. The molecule has 1 amide bonds. The molecule has 140 valence electrons. The average molecular weight is 357 g/mol. The monoisotopic (exact) mass is 357 g/mol. The lowest BCUT2D eigenvalue weighted by atomic mass is 9.77. The van der Waals surface area contributed by atoms with Gasteiger partial charge in [0.2, 0.25) is 5.91 Å². The van der Waals surface area contributed by atoms with E-state index in [2.05, 4.69) is 10.6 Å². The zero-order valence-electron chi connectivity index (χ0n) is 15.0. The number of piperidine rings is 1. The molecular formula is C20H27N3O3. The minimum absolute atomic E-state index is 0.0359. The quantitative estimate of drug-likeness (QED) is 0.757. The van der Waals surface area contributed by atoms with Crippen molar-refractivity contribution in [3.63, 3.8) is 0 Å². The van der Waals surface area contributed by atoms with E-state index < -0.39 is 12.0 Å². The van der Waals surface area contributed by atoms with E-state index in [1.165, 1.54) is 0 Å². The molecule has 3 N–H and O–H groups in total. The number of carboxylic acids is 1. The van der Waals surface area contributed by atoms with E-state index in [0.29, 0.717) is 13.0 Å². The summed E-state index contributed by atoms with van der Waals surface area (Å²) in [5.74, 6) is -0.840. The zero-order chi connectivity index (χ0) is 18.1. The number of carboxylic acid groups (broad SMARTS) is 1. The molecule has 3 aliphatic heterocycles. The molecule has 1 unspecified atom stereocenters. The number of nitrogens with one attached hydrogen (secondary N) is 2. The number of amides is 1. The summed E-state index contributed by atoms with van der Waals surface area (Å²) in [6.07, 6.45) is 3.48. The first-order valence-corrected chi connectivity index (χ1v) is 9.60. The Labute approximate surface area is 153 Å². The van der Waals surface area contributed by atoms with Gasteiger partial charge in [0.05, 0.1) is 6.04 Å². The van der Waals surface area contributed by atoms with Crippen LogP contribution in [0.3, 0.4) is 0 Å². The van der Waals surface area contributed by atoms with Gasteiger partial charge in [-0.25, -0.2) is 4.79 Å². The standard InChI is InChI=1S/C20H27N3O3/c24-18(16-11-20(13-22-16)6-8-21-9-7-20)23-12-15(10-17(23)19(25)26)14-4-2-1-3-5-14/h1-5,15-17,21-22H,6-13H2,(H,25,26)/t15-,16?,17-/m0/s1. The summed E-state index contributed by atoms with van der Waals surface area (Å²) in [6.45, 7) is 3.35. The molecule has 3 fully saturated rings. The first-order chi connectivity index (χ1) is 12.6. The number of rotatable bonds is 3. The van der Waals surface area contributed by atoms with Gasteiger partial charge in [-0.15, -0.1) is 0 Å². The van der Waals surface area contributed by atoms with Crippen molar-refractivity contribution in [1.29, 1.82) is 0 Å². The highest BCUT2D eigenvalue weighted by molar-refractivity contribution is 5.88. The second-order valence-electron chi connectivity index (χ2n) is 8.08. The van der Waals surface area contributed by atoms with Crippen LogP contribution in [0.4, 0.5) is 0 Å². The Morgan fingerprint density at radius 1 is 1.15 bits per heavy atom. The largest absolute Gasteiger partial charge is 0.480 e. The van der Waals surface area contributed by atoms with E-state index in [-0.39, 0.29) is 23.3 Å². The van der Waals surface area contributed by atoms with E-state index in [1.54, 1.807) is 4.90 Å². The fourth-order valence-corrected chi connectivity index (χ4v) is 4.91. The van der Waals surface area contributed by atoms with Gasteiger partial charge >= 0.3 is 5.97 Å². The van der Waals surface area contributed by atoms with Crippen molar-refractivity contribution in [2.75, 3.05) is 26.2 Å². The van der Waals surface area contributed by atoms with Crippen LogP contribution in [-0.4, -0.2) is 60.1 Å². The van der Waals surface area contributed by atoms with Crippen molar-refractivity contribution < 1.29 is 14.7 Å². The number of hydrogen-bond donors (Lipinski definition) is 3. The molecule has 0 aromatic heterocycles. The van der Waals surface area contributed by atoms with Crippen LogP contribution in [0.25, 0.3) is 0 Å². The normalized spacial score (nSPS) is 30.6. The molecule has 1 spiro atoms. The molecule has 3 heterocycles. The molecule has 6 nitrogen and oxygen atoms in total. The summed E-state index contributed by atoms with van der Waals surface area (Å²) in [5, 5.41) is 16.4. The number of likely N-dealkylation sites (tertiary alicyclic amines) is 1. The Balaban J connectivity index is 1.48. The van der Waals surface area contributed by atoms with Crippen LogP contribution in [0.2, 0.25) is 0 Å². The predicted octanol–water partition coefficient (Wildman–Crippen LogP) is 1.19. The summed E-state index contributed by atoms with van der Waals surface area (Å²) in [4.78, 5) is 26.5. The summed E-state index contributed by atoms with van der Waals surface area (Å²) < 4.78 is 0. The molecule has 3 aliphatic rings. The lowest BCUT2D eigenvalue weighted by Gasteiger charge is -2.33. The SMILES string of the molecule is O=C(O)[C@@H]1C[C@H](c2ccccc2)CN1C(=O)C1CC2(CCNCC2)CN1. The number of carbonyl (C=O) groups excluding carboxylic acids is 1. The lowest BCUT2D eigenvalue weighted by molar-refractivity contribution is -0.148. The summed E-state index contributed by atoms with van der Waals surface area (Å²) in [6, 6.07) is 8.97. The smallest absolute Gasteiger partial charge is 0.326 e. The molecule has 0 aliphatic carbocycles. The first-order valence-electron chi connectivity index (χ1n) is 9.60. The molecule has 1 aromatic rings. The van der Waals surface area contributed by atoms with Gasteiger partial charge in [0.25, 0.3) is 0 Å². The molecular weight excluding hydrogens is 330 g/mol. The number of nitrogens with zero attached hydrogens (tertiary/aromatic N) is 1. The lowest BCUT2D eigenvalue weighted by Crippen LogP contribution is -2.48. The van der Waals surface area contributed by atoms with Crippen LogP contribution in [0, 0.1) is 5.41 Å². The fourth-order valence-electron chi connectivity index (χ4n) is 4.91. The highest BCUT2D eigenvalue weighted by Crippen LogP contribution is 2.39. The number of aliphatic carboxylic acids is 1. The van der Waals surface area contributed by atoms with Crippen LogP contribution in [-0.2, 0) is 9.59 Å². The van der Waals surface area contributed by atoms with E-state index in [1.807, 2.05) is 30.3 Å². The molecule has 0 saturated carbocycles.